The van der Waals surface area contributed by atoms with Gasteiger partial charge in [-0.15, -0.1) is 11.6 Å². The fourth-order valence-electron chi connectivity index (χ4n) is 0.889. The maximum absolute atomic E-state index is 5.51. The molecule has 0 radical (unpaired) electrons. The molecule has 0 saturated heterocycles. The molecule has 0 bridgehead atoms. The molecule has 0 aliphatic heterocycles. The minimum Gasteiger partial charge on any atom is -0.126 e. The van der Waals surface area contributed by atoms with E-state index in [4.69, 9.17) is 11.6 Å². The molecular formula is C11H10BrCl. The molecule has 0 aromatic heterocycles. The Balaban J connectivity index is 2.65. The van der Waals surface area contributed by atoms with Crippen LogP contribution in [-0.4, -0.2) is 5.88 Å². The van der Waals surface area contributed by atoms with Crippen LogP contribution >= 0.6 is 27.5 Å². The standard InChI is InChI=1S/C11H10BrCl/c12-9-11-6-4-10(5-7-11)3-1-2-8-13/h4-7H,2,8-9H2. The molecule has 68 valence electrons. The molecule has 0 aliphatic rings. The van der Waals surface area contributed by atoms with E-state index in [-0.39, 0.29) is 0 Å². The highest BCUT2D eigenvalue weighted by Crippen LogP contribution is 2.06. The molecule has 1 aromatic rings. The molecule has 0 fully saturated rings. The number of rotatable bonds is 2. The topological polar surface area (TPSA) is 0 Å². The minimum atomic E-state index is 0.604. The minimum absolute atomic E-state index is 0.604. The molecule has 1 rings (SSSR count). The summed E-state index contributed by atoms with van der Waals surface area (Å²) >= 11 is 8.90. The van der Waals surface area contributed by atoms with Crippen molar-refractivity contribution in [2.45, 2.75) is 11.8 Å². The van der Waals surface area contributed by atoms with Crippen molar-refractivity contribution >= 4 is 27.5 Å². The first-order chi connectivity index (χ1) is 6.36. The lowest BCUT2D eigenvalue weighted by Gasteiger charge is -1.93. The molecule has 0 saturated carbocycles. The zero-order chi connectivity index (χ0) is 9.52. The van der Waals surface area contributed by atoms with E-state index in [2.05, 4.69) is 39.9 Å². The Labute approximate surface area is 92.4 Å². The summed E-state index contributed by atoms with van der Waals surface area (Å²) in [5, 5.41) is 0.891. The van der Waals surface area contributed by atoms with Crippen molar-refractivity contribution < 1.29 is 0 Å². The van der Waals surface area contributed by atoms with E-state index in [1.165, 1.54) is 5.56 Å². The van der Waals surface area contributed by atoms with E-state index in [9.17, 15) is 0 Å². The van der Waals surface area contributed by atoms with Crippen molar-refractivity contribution in [1.29, 1.82) is 0 Å². The lowest BCUT2D eigenvalue weighted by molar-refractivity contribution is 1.29. The lowest BCUT2D eigenvalue weighted by Crippen LogP contribution is -1.78. The number of alkyl halides is 2. The maximum Gasteiger partial charge on any atom is 0.0333 e. The molecule has 0 atom stereocenters. The second kappa shape index (κ2) is 6.07. The summed E-state index contributed by atoms with van der Waals surface area (Å²) in [6, 6.07) is 8.19. The fraction of sp³-hybridized carbons (Fsp3) is 0.273. The van der Waals surface area contributed by atoms with Gasteiger partial charge in [-0.05, 0) is 17.7 Å². The molecule has 0 unspecified atom stereocenters. The quantitative estimate of drug-likeness (QED) is 0.561. The predicted octanol–water partition coefficient (Wildman–Crippen LogP) is 3.56. The number of benzene rings is 1. The Kier molecular flexibility index (Phi) is 4.97. The molecule has 0 amide bonds. The van der Waals surface area contributed by atoms with Crippen molar-refractivity contribution in [2.24, 2.45) is 0 Å². The van der Waals surface area contributed by atoms with Gasteiger partial charge < -0.3 is 0 Å². The van der Waals surface area contributed by atoms with Gasteiger partial charge in [-0.25, -0.2) is 0 Å². The van der Waals surface area contributed by atoms with E-state index in [0.717, 1.165) is 17.3 Å². The molecule has 0 N–H and O–H groups in total. The van der Waals surface area contributed by atoms with Crippen LogP contribution < -0.4 is 0 Å². The average Bonchev–Trinajstić information content (AvgIpc) is 2.19. The number of hydrogen-bond acceptors (Lipinski definition) is 0. The van der Waals surface area contributed by atoms with E-state index in [1.54, 1.807) is 0 Å². The lowest BCUT2D eigenvalue weighted by atomic mass is 10.1. The van der Waals surface area contributed by atoms with Gasteiger partial charge >= 0.3 is 0 Å². The molecule has 0 spiro atoms. The van der Waals surface area contributed by atoms with Crippen LogP contribution in [0.4, 0.5) is 0 Å². The van der Waals surface area contributed by atoms with Crippen molar-refractivity contribution in [3.05, 3.63) is 35.4 Å². The SMILES string of the molecule is ClCCC#Cc1ccc(CBr)cc1. The molecule has 0 heterocycles. The largest absolute Gasteiger partial charge is 0.126 e. The monoisotopic (exact) mass is 256 g/mol. The summed E-state index contributed by atoms with van der Waals surface area (Å²) in [7, 11) is 0. The van der Waals surface area contributed by atoms with Gasteiger partial charge in [0.25, 0.3) is 0 Å². The fourth-order valence-corrected chi connectivity index (χ4v) is 1.36. The highest BCUT2D eigenvalue weighted by molar-refractivity contribution is 9.08. The number of halogens is 2. The van der Waals surface area contributed by atoms with Crippen molar-refractivity contribution in [3.8, 4) is 11.8 Å². The highest BCUT2D eigenvalue weighted by Gasteiger charge is 1.88. The van der Waals surface area contributed by atoms with Crippen LogP contribution in [0.25, 0.3) is 0 Å². The van der Waals surface area contributed by atoms with Crippen LogP contribution in [0.1, 0.15) is 17.5 Å². The smallest absolute Gasteiger partial charge is 0.0333 e. The first-order valence-electron chi connectivity index (χ1n) is 4.06. The average molecular weight is 258 g/mol. The van der Waals surface area contributed by atoms with Crippen molar-refractivity contribution in [2.75, 3.05) is 5.88 Å². The van der Waals surface area contributed by atoms with Gasteiger partial charge in [0.15, 0.2) is 0 Å². The van der Waals surface area contributed by atoms with Crippen LogP contribution in [0.15, 0.2) is 24.3 Å². The Morgan fingerprint density at radius 1 is 1.23 bits per heavy atom. The Morgan fingerprint density at radius 2 is 1.92 bits per heavy atom. The van der Waals surface area contributed by atoms with Gasteiger partial charge in [-0.1, -0.05) is 39.9 Å². The summed E-state index contributed by atoms with van der Waals surface area (Å²) in [4.78, 5) is 0. The van der Waals surface area contributed by atoms with E-state index >= 15 is 0 Å². The summed E-state index contributed by atoms with van der Waals surface area (Å²) < 4.78 is 0. The van der Waals surface area contributed by atoms with Crippen LogP contribution in [0.3, 0.4) is 0 Å². The van der Waals surface area contributed by atoms with Gasteiger partial charge in [0, 0.05) is 23.2 Å². The van der Waals surface area contributed by atoms with Crippen molar-refractivity contribution in [1.82, 2.24) is 0 Å². The van der Waals surface area contributed by atoms with Gasteiger partial charge in [0.1, 0.15) is 0 Å². The first kappa shape index (κ1) is 10.6. The first-order valence-corrected chi connectivity index (χ1v) is 5.72. The molecule has 0 aliphatic carbocycles. The third-order valence-electron chi connectivity index (χ3n) is 1.56. The van der Waals surface area contributed by atoms with Crippen LogP contribution in [0, 0.1) is 11.8 Å². The van der Waals surface area contributed by atoms with Crippen LogP contribution in [-0.2, 0) is 5.33 Å². The van der Waals surface area contributed by atoms with Crippen molar-refractivity contribution in [3.63, 3.8) is 0 Å². The Morgan fingerprint density at radius 3 is 2.46 bits per heavy atom. The zero-order valence-electron chi connectivity index (χ0n) is 7.19. The highest BCUT2D eigenvalue weighted by atomic mass is 79.9. The summed E-state index contributed by atoms with van der Waals surface area (Å²) in [5.41, 5.74) is 2.32. The maximum atomic E-state index is 5.51. The number of hydrogen-bond donors (Lipinski definition) is 0. The normalized spacial score (nSPS) is 9.08. The van der Waals surface area contributed by atoms with Crippen LogP contribution in [0.5, 0.6) is 0 Å². The Bertz CT molecular complexity index is 305. The van der Waals surface area contributed by atoms with Gasteiger partial charge in [0.2, 0.25) is 0 Å². The molecule has 2 heteroatoms. The van der Waals surface area contributed by atoms with Gasteiger partial charge in [-0.2, -0.15) is 0 Å². The summed E-state index contributed by atoms with van der Waals surface area (Å²) in [6.45, 7) is 0. The van der Waals surface area contributed by atoms with Gasteiger partial charge in [-0.3, -0.25) is 0 Å². The van der Waals surface area contributed by atoms with Crippen LogP contribution in [0.2, 0.25) is 0 Å². The molecular weight excluding hydrogens is 247 g/mol. The van der Waals surface area contributed by atoms with E-state index < -0.39 is 0 Å². The second-order valence-electron chi connectivity index (χ2n) is 2.57. The zero-order valence-corrected chi connectivity index (χ0v) is 9.53. The van der Waals surface area contributed by atoms with E-state index in [1.807, 2.05) is 12.1 Å². The second-order valence-corrected chi connectivity index (χ2v) is 3.51. The molecule has 13 heavy (non-hydrogen) atoms. The Hall–Kier alpha value is -0.450. The van der Waals surface area contributed by atoms with E-state index in [0.29, 0.717) is 5.88 Å². The van der Waals surface area contributed by atoms with Gasteiger partial charge in [0.05, 0.1) is 0 Å². The third-order valence-corrected chi connectivity index (χ3v) is 2.40. The third kappa shape index (κ3) is 3.85. The molecule has 0 nitrogen and oxygen atoms in total. The predicted molar refractivity (Wildman–Crippen MR) is 61.3 cm³/mol. The summed E-state index contributed by atoms with van der Waals surface area (Å²) in [5.74, 6) is 6.65. The summed E-state index contributed by atoms with van der Waals surface area (Å²) in [6.07, 6.45) is 0.752. The molecule has 1 aromatic carbocycles.